The number of carbonyl (C=O) groups excluding carboxylic acids is 2. The Bertz CT molecular complexity index is 1220. The van der Waals surface area contributed by atoms with E-state index in [9.17, 15) is 9.59 Å². The molecule has 1 aliphatic heterocycles. The van der Waals surface area contributed by atoms with E-state index in [1.54, 1.807) is 41.5 Å². The summed E-state index contributed by atoms with van der Waals surface area (Å²) in [5.74, 6) is 1.22. The normalized spacial score (nSPS) is 15.5. The lowest BCUT2D eigenvalue weighted by atomic mass is 9.93. The third-order valence-corrected chi connectivity index (χ3v) is 8.05. The Labute approximate surface area is 222 Å². The minimum atomic E-state index is -0.286. The van der Waals surface area contributed by atoms with Crippen LogP contribution in [0.2, 0.25) is 0 Å². The highest BCUT2D eigenvalue weighted by molar-refractivity contribution is 7.10. The van der Waals surface area contributed by atoms with Crippen molar-refractivity contribution in [2.24, 2.45) is 0 Å². The molecule has 2 atom stereocenters. The van der Waals surface area contributed by atoms with E-state index in [4.69, 9.17) is 14.2 Å². The fraction of sp³-hybridized carbons (Fsp3) is 0.379. The molecule has 2 unspecified atom stereocenters. The summed E-state index contributed by atoms with van der Waals surface area (Å²) in [6.45, 7) is 4.51. The Balaban J connectivity index is 1.68. The van der Waals surface area contributed by atoms with Crippen LogP contribution in [-0.2, 0) is 11.2 Å². The topological polar surface area (TPSA) is 68.3 Å². The molecule has 0 saturated heterocycles. The summed E-state index contributed by atoms with van der Waals surface area (Å²) in [6.07, 6.45) is 1.50. The average Bonchev–Trinajstić information content (AvgIpc) is 3.43. The summed E-state index contributed by atoms with van der Waals surface area (Å²) in [5, 5.41) is 2.08. The first-order chi connectivity index (χ1) is 17.9. The zero-order valence-corrected chi connectivity index (χ0v) is 22.8. The molecule has 1 aliphatic rings. The highest BCUT2D eigenvalue weighted by Crippen LogP contribution is 2.38. The second kappa shape index (κ2) is 11.7. The first-order valence-corrected chi connectivity index (χ1v) is 13.3. The second-order valence-corrected chi connectivity index (χ2v) is 10.0. The maximum Gasteiger partial charge on any atom is 0.262 e. The van der Waals surface area contributed by atoms with Crippen molar-refractivity contribution in [1.29, 1.82) is 0 Å². The predicted octanol–water partition coefficient (Wildman–Crippen LogP) is 5.19. The van der Waals surface area contributed by atoms with Gasteiger partial charge in [0.1, 0.15) is 29.4 Å². The van der Waals surface area contributed by atoms with Crippen LogP contribution in [0.25, 0.3) is 0 Å². The number of rotatable bonds is 9. The molecule has 1 aromatic heterocycles. The van der Waals surface area contributed by atoms with Crippen LogP contribution in [0.4, 0.5) is 0 Å². The van der Waals surface area contributed by atoms with Crippen molar-refractivity contribution in [1.82, 2.24) is 9.80 Å². The molecular weight excluding hydrogens is 488 g/mol. The standard InChI is InChI=1S/C29H34N2O5S/c1-6-19(2)31(29(33)27-23(35-4)8-7-9-24(27)36-5)18-26(32)30-16-14-25-22(15-17-37-25)28(30)20-10-12-21(34-3)13-11-20/h7-13,15,17,19,28H,6,14,16,18H2,1-5H3. The first-order valence-electron chi connectivity index (χ1n) is 12.4. The van der Waals surface area contributed by atoms with Crippen LogP contribution in [0.3, 0.4) is 0 Å². The van der Waals surface area contributed by atoms with Crippen molar-refractivity contribution in [3.05, 3.63) is 75.5 Å². The van der Waals surface area contributed by atoms with Gasteiger partial charge in [0.2, 0.25) is 5.91 Å². The molecule has 0 saturated carbocycles. The van der Waals surface area contributed by atoms with Gasteiger partial charge in [-0.3, -0.25) is 9.59 Å². The SMILES string of the molecule is CCC(C)N(CC(=O)N1CCc2sccc2C1c1ccc(OC)cc1)C(=O)c1c(OC)cccc1OC. The van der Waals surface area contributed by atoms with Crippen molar-refractivity contribution in [3.63, 3.8) is 0 Å². The Morgan fingerprint density at radius 2 is 1.70 bits per heavy atom. The number of hydrogen-bond acceptors (Lipinski definition) is 6. The maximum absolute atomic E-state index is 14.0. The van der Waals surface area contributed by atoms with Gasteiger partial charge in [-0.25, -0.2) is 0 Å². The number of fused-ring (bicyclic) bond motifs is 1. The summed E-state index contributed by atoms with van der Waals surface area (Å²) in [7, 11) is 4.69. The van der Waals surface area contributed by atoms with E-state index in [1.807, 2.05) is 43.0 Å². The molecule has 0 fully saturated rings. The highest BCUT2D eigenvalue weighted by atomic mass is 32.1. The number of methoxy groups -OCH3 is 3. The number of amides is 2. The van der Waals surface area contributed by atoms with Crippen LogP contribution >= 0.6 is 11.3 Å². The van der Waals surface area contributed by atoms with E-state index < -0.39 is 0 Å². The van der Waals surface area contributed by atoms with Gasteiger partial charge >= 0.3 is 0 Å². The van der Waals surface area contributed by atoms with Gasteiger partial charge in [0.15, 0.2) is 0 Å². The van der Waals surface area contributed by atoms with Crippen molar-refractivity contribution in [2.75, 3.05) is 34.4 Å². The van der Waals surface area contributed by atoms with Crippen LogP contribution in [-0.4, -0.2) is 62.1 Å². The Morgan fingerprint density at radius 3 is 2.30 bits per heavy atom. The van der Waals surface area contributed by atoms with Crippen LogP contribution in [0.1, 0.15) is 52.7 Å². The van der Waals surface area contributed by atoms with Gasteiger partial charge in [-0.05, 0) is 66.6 Å². The molecule has 2 heterocycles. The molecule has 196 valence electrons. The number of hydrogen-bond donors (Lipinski definition) is 0. The fourth-order valence-corrected chi connectivity index (χ4v) is 5.72. The molecule has 2 amide bonds. The second-order valence-electron chi connectivity index (χ2n) is 9.04. The van der Waals surface area contributed by atoms with Crippen LogP contribution in [0.15, 0.2) is 53.9 Å². The van der Waals surface area contributed by atoms with Crippen molar-refractivity contribution in [3.8, 4) is 17.2 Å². The van der Waals surface area contributed by atoms with Gasteiger partial charge in [0.05, 0.1) is 27.4 Å². The van der Waals surface area contributed by atoms with Gasteiger partial charge in [-0.2, -0.15) is 0 Å². The molecule has 0 N–H and O–H groups in total. The zero-order valence-electron chi connectivity index (χ0n) is 22.0. The summed E-state index contributed by atoms with van der Waals surface area (Å²) in [5.41, 5.74) is 2.48. The van der Waals surface area contributed by atoms with E-state index >= 15 is 0 Å². The quantitative estimate of drug-likeness (QED) is 0.387. The van der Waals surface area contributed by atoms with Gasteiger partial charge in [0, 0.05) is 17.5 Å². The minimum Gasteiger partial charge on any atom is -0.497 e. The number of nitrogens with zero attached hydrogens (tertiary/aromatic N) is 2. The number of benzene rings is 2. The third-order valence-electron chi connectivity index (χ3n) is 7.05. The van der Waals surface area contributed by atoms with Crippen molar-refractivity contribution in [2.45, 2.75) is 38.8 Å². The minimum absolute atomic E-state index is 0.0405. The largest absolute Gasteiger partial charge is 0.497 e. The Kier molecular flexibility index (Phi) is 8.38. The summed E-state index contributed by atoms with van der Waals surface area (Å²) in [6, 6.07) is 14.8. The van der Waals surface area contributed by atoms with Crippen LogP contribution in [0.5, 0.6) is 17.2 Å². The average molecular weight is 523 g/mol. The molecule has 37 heavy (non-hydrogen) atoms. The van der Waals surface area contributed by atoms with Gasteiger partial charge in [-0.1, -0.05) is 25.1 Å². The summed E-state index contributed by atoms with van der Waals surface area (Å²) >= 11 is 1.72. The molecule has 0 spiro atoms. The van der Waals surface area contributed by atoms with Crippen molar-refractivity contribution >= 4 is 23.2 Å². The monoisotopic (exact) mass is 522 g/mol. The number of carbonyl (C=O) groups is 2. The molecule has 0 aliphatic carbocycles. The van der Waals surface area contributed by atoms with E-state index in [0.29, 0.717) is 30.0 Å². The molecular formula is C29H34N2O5S. The van der Waals surface area contributed by atoms with E-state index in [0.717, 1.165) is 23.3 Å². The summed E-state index contributed by atoms with van der Waals surface area (Å²) < 4.78 is 16.3. The smallest absolute Gasteiger partial charge is 0.262 e. The lowest BCUT2D eigenvalue weighted by Gasteiger charge is -2.38. The molecule has 3 aromatic rings. The van der Waals surface area contributed by atoms with Crippen molar-refractivity contribution < 1.29 is 23.8 Å². The molecule has 7 nitrogen and oxygen atoms in total. The van der Waals surface area contributed by atoms with E-state index in [1.165, 1.54) is 19.1 Å². The van der Waals surface area contributed by atoms with Gasteiger partial charge < -0.3 is 24.0 Å². The van der Waals surface area contributed by atoms with Gasteiger partial charge in [0.25, 0.3) is 5.91 Å². The molecule has 2 aromatic carbocycles. The number of ether oxygens (including phenoxy) is 3. The lowest BCUT2D eigenvalue weighted by Crippen LogP contribution is -2.49. The predicted molar refractivity (Wildman–Crippen MR) is 145 cm³/mol. The van der Waals surface area contributed by atoms with Gasteiger partial charge in [-0.15, -0.1) is 11.3 Å². The summed E-state index contributed by atoms with van der Waals surface area (Å²) in [4.78, 5) is 32.7. The third kappa shape index (κ3) is 5.30. The molecule has 8 heteroatoms. The van der Waals surface area contributed by atoms with E-state index in [-0.39, 0.29) is 30.4 Å². The molecule has 0 bridgehead atoms. The lowest BCUT2D eigenvalue weighted by molar-refractivity contribution is -0.134. The van der Waals surface area contributed by atoms with Crippen LogP contribution < -0.4 is 14.2 Å². The number of thiophene rings is 1. The molecule has 4 rings (SSSR count). The maximum atomic E-state index is 14.0. The highest BCUT2D eigenvalue weighted by Gasteiger charge is 2.35. The van der Waals surface area contributed by atoms with Crippen LogP contribution in [0, 0.1) is 0 Å². The first kappa shape index (κ1) is 26.5. The fourth-order valence-electron chi connectivity index (χ4n) is 4.82. The molecule has 0 radical (unpaired) electrons. The Hall–Kier alpha value is -3.52. The Morgan fingerprint density at radius 1 is 1.03 bits per heavy atom. The zero-order chi connectivity index (χ0) is 26.5. The van der Waals surface area contributed by atoms with E-state index in [2.05, 4.69) is 11.4 Å².